The summed E-state index contributed by atoms with van der Waals surface area (Å²) in [5.41, 5.74) is 3.08. The molecular weight excluding hydrogens is 340 g/mol. The molecule has 0 atom stereocenters. The molecule has 4 rings (SSSR count). The number of hydrogen-bond acceptors (Lipinski definition) is 2. The molecule has 0 spiro atoms. The van der Waals surface area contributed by atoms with Crippen LogP contribution in [-0.2, 0) is 17.9 Å². The lowest BCUT2D eigenvalue weighted by atomic mass is 10.1. The Hall–Kier alpha value is -2.79. The molecule has 0 bridgehead atoms. The monoisotopic (exact) mass is 354 g/mol. The summed E-state index contributed by atoms with van der Waals surface area (Å²) < 4.78 is 1.89. The minimum atomic E-state index is -0.851. The summed E-state index contributed by atoms with van der Waals surface area (Å²) in [4.78, 5) is 25.5. The Morgan fingerprint density at radius 1 is 1.16 bits per heavy atom. The highest BCUT2D eigenvalue weighted by molar-refractivity contribution is 6.35. The summed E-state index contributed by atoms with van der Waals surface area (Å²) in [7, 11) is 0. The van der Waals surface area contributed by atoms with Crippen LogP contribution >= 0.6 is 11.6 Å². The van der Waals surface area contributed by atoms with Gasteiger partial charge in [-0.1, -0.05) is 35.9 Å². The number of hydrogen-bond donors (Lipinski definition) is 1. The summed E-state index contributed by atoms with van der Waals surface area (Å²) in [6, 6.07) is 13.1. The van der Waals surface area contributed by atoms with Gasteiger partial charge >= 0.3 is 5.97 Å². The molecular formula is C19H15ClN2O3. The molecule has 25 heavy (non-hydrogen) atoms. The minimum absolute atomic E-state index is 0.0259. The molecule has 126 valence electrons. The van der Waals surface area contributed by atoms with Gasteiger partial charge in [-0.2, -0.15) is 0 Å². The van der Waals surface area contributed by atoms with Gasteiger partial charge in [0.2, 0.25) is 0 Å². The Kier molecular flexibility index (Phi) is 3.73. The first-order valence-corrected chi connectivity index (χ1v) is 8.33. The van der Waals surface area contributed by atoms with Crippen molar-refractivity contribution in [3.63, 3.8) is 0 Å². The molecule has 1 N–H and O–H groups in total. The minimum Gasteiger partial charge on any atom is -0.481 e. The third kappa shape index (κ3) is 2.57. The average molecular weight is 355 g/mol. The number of aliphatic carboxylic acids is 1. The van der Waals surface area contributed by atoms with Crippen LogP contribution in [0.1, 0.15) is 22.3 Å². The maximum absolute atomic E-state index is 12.9. The third-order valence-corrected chi connectivity index (χ3v) is 4.83. The fraction of sp³-hybridized carbons (Fsp3) is 0.158. The van der Waals surface area contributed by atoms with Gasteiger partial charge in [0.1, 0.15) is 0 Å². The Morgan fingerprint density at radius 2 is 1.96 bits per heavy atom. The van der Waals surface area contributed by atoms with E-state index in [0.717, 1.165) is 22.2 Å². The maximum atomic E-state index is 12.9. The van der Waals surface area contributed by atoms with E-state index in [1.165, 1.54) is 0 Å². The molecule has 1 amide bonds. The van der Waals surface area contributed by atoms with E-state index < -0.39 is 5.97 Å². The Balaban J connectivity index is 1.80. The molecule has 0 unspecified atom stereocenters. The van der Waals surface area contributed by atoms with E-state index in [2.05, 4.69) is 0 Å². The predicted molar refractivity (Wildman–Crippen MR) is 96.2 cm³/mol. The van der Waals surface area contributed by atoms with Crippen LogP contribution < -0.4 is 4.90 Å². The number of carboxylic acids is 1. The van der Waals surface area contributed by atoms with E-state index in [0.29, 0.717) is 23.7 Å². The number of halogens is 1. The molecule has 2 aromatic carbocycles. The van der Waals surface area contributed by atoms with Gasteiger partial charge in [0, 0.05) is 18.1 Å². The number of carbonyl (C=O) groups excluding carboxylic acids is 1. The van der Waals surface area contributed by atoms with Gasteiger partial charge in [0.25, 0.3) is 5.91 Å². The highest BCUT2D eigenvalue weighted by Crippen LogP contribution is 2.36. The molecule has 1 aromatic heterocycles. The van der Waals surface area contributed by atoms with Gasteiger partial charge in [-0.05, 0) is 23.8 Å². The van der Waals surface area contributed by atoms with Crippen LogP contribution in [0, 0.1) is 0 Å². The fourth-order valence-electron chi connectivity index (χ4n) is 3.37. The first kappa shape index (κ1) is 15.7. The predicted octanol–water partition coefficient (Wildman–Crippen LogP) is 3.93. The zero-order valence-electron chi connectivity index (χ0n) is 13.3. The molecule has 0 fully saturated rings. The fourth-order valence-corrected chi connectivity index (χ4v) is 3.65. The van der Waals surface area contributed by atoms with Crippen molar-refractivity contribution >= 4 is 40.1 Å². The van der Waals surface area contributed by atoms with Crippen LogP contribution in [0.25, 0.3) is 10.9 Å². The van der Waals surface area contributed by atoms with Gasteiger partial charge in [0.15, 0.2) is 0 Å². The molecule has 5 nitrogen and oxygen atoms in total. The van der Waals surface area contributed by atoms with Gasteiger partial charge < -0.3 is 14.6 Å². The van der Waals surface area contributed by atoms with E-state index in [4.69, 9.17) is 16.7 Å². The van der Waals surface area contributed by atoms with Crippen molar-refractivity contribution in [1.29, 1.82) is 0 Å². The number of anilines is 1. The van der Waals surface area contributed by atoms with Crippen molar-refractivity contribution in [2.24, 2.45) is 0 Å². The molecule has 6 heteroatoms. The van der Waals surface area contributed by atoms with Crippen LogP contribution in [0.2, 0.25) is 5.02 Å². The molecule has 0 saturated heterocycles. The molecule has 0 radical (unpaired) electrons. The number of rotatable bonds is 4. The summed E-state index contributed by atoms with van der Waals surface area (Å²) in [6.45, 7) is 0.809. The summed E-state index contributed by atoms with van der Waals surface area (Å²) in [5, 5.41) is 10.4. The number of fused-ring (bicyclic) bond motifs is 2. The van der Waals surface area contributed by atoms with Crippen molar-refractivity contribution in [1.82, 2.24) is 4.57 Å². The zero-order chi connectivity index (χ0) is 17.6. The molecule has 3 aromatic rings. The highest BCUT2D eigenvalue weighted by atomic mass is 35.5. The van der Waals surface area contributed by atoms with Crippen molar-refractivity contribution in [2.45, 2.75) is 19.5 Å². The Labute approximate surface area is 149 Å². The van der Waals surface area contributed by atoms with Crippen molar-refractivity contribution in [2.75, 3.05) is 4.90 Å². The second-order valence-electron chi connectivity index (χ2n) is 6.03. The van der Waals surface area contributed by atoms with E-state index in [1.807, 2.05) is 47.2 Å². The first-order valence-electron chi connectivity index (χ1n) is 7.95. The van der Waals surface area contributed by atoms with Crippen molar-refractivity contribution in [3.05, 3.63) is 64.8 Å². The standard InChI is InChI=1S/C19H15ClN2O3/c20-14-5-1-4-13-11-22(19(25)17(13)14)15-6-2-3-12-7-9-21(18(12)15)10-8-16(23)24/h1-7,9H,8,10-11H2,(H,23,24). The number of carboxylic acid groups (broad SMARTS) is 1. The number of aromatic nitrogens is 1. The van der Waals surface area contributed by atoms with E-state index in [9.17, 15) is 9.59 Å². The molecule has 1 aliphatic rings. The zero-order valence-corrected chi connectivity index (χ0v) is 14.0. The lowest BCUT2D eigenvalue weighted by Gasteiger charge is -2.19. The number of carbonyl (C=O) groups is 2. The topological polar surface area (TPSA) is 62.5 Å². The largest absolute Gasteiger partial charge is 0.481 e. The van der Waals surface area contributed by atoms with Crippen molar-refractivity contribution in [3.8, 4) is 0 Å². The summed E-state index contributed by atoms with van der Waals surface area (Å²) in [6.07, 6.45) is 1.88. The van der Waals surface area contributed by atoms with Gasteiger partial charge in [0.05, 0.1) is 34.8 Å². The summed E-state index contributed by atoms with van der Waals surface area (Å²) >= 11 is 6.21. The highest BCUT2D eigenvalue weighted by Gasteiger charge is 2.31. The van der Waals surface area contributed by atoms with Crippen LogP contribution in [0.3, 0.4) is 0 Å². The van der Waals surface area contributed by atoms with E-state index in [-0.39, 0.29) is 12.3 Å². The number of benzene rings is 2. The lowest BCUT2D eigenvalue weighted by molar-refractivity contribution is -0.137. The SMILES string of the molecule is O=C(O)CCn1ccc2cccc(N3Cc4cccc(Cl)c4C3=O)c21. The Bertz CT molecular complexity index is 1010. The average Bonchev–Trinajstić information content (AvgIpc) is 3.15. The lowest BCUT2D eigenvalue weighted by Crippen LogP contribution is -2.24. The van der Waals surface area contributed by atoms with E-state index in [1.54, 1.807) is 11.0 Å². The second kappa shape index (κ2) is 5.93. The Morgan fingerprint density at radius 3 is 2.72 bits per heavy atom. The third-order valence-electron chi connectivity index (χ3n) is 4.51. The molecule has 1 aliphatic heterocycles. The van der Waals surface area contributed by atoms with Gasteiger partial charge in [-0.15, -0.1) is 0 Å². The van der Waals surface area contributed by atoms with Crippen LogP contribution in [0.15, 0.2) is 48.7 Å². The van der Waals surface area contributed by atoms with Crippen LogP contribution in [0.5, 0.6) is 0 Å². The van der Waals surface area contributed by atoms with Crippen LogP contribution in [-0.4, -0.2) is 21.6 Å². The number of nitrogens with zero attached hydrogens (tertiary/aromatic N) is 2. The normalized spacial score (nSPS) is 13.5. The molecule has 0 aliphatic carbocycles. The summed E-state index contributed by atoms with van der Waals surface area (Å²) in [5.74, 6) is -0.977. The van der Waals surface area contributed by atoms with Gasteiger partial charge in [-0.25, -0.2) is 0 Å². The number of para-hydroxylation sites is 1. The van der Waals surface area contributed by atoms with Crippen molar-refractivity contribution < 1.29 is 14.7 Å². The smallest absolute Gasteiger partial charge is 0.305 e. The molecule has 0 saturated carbocycles. The van der Waals surface area contributed by atoms with E-state index >= 15 is 0 Å². The second-order valence-corrected chi connectivity index (χ2v) is 6.44. The quantitative estimate of drug-likeness (QED) is 0.772. The number of aryl methyl sites for hydroxylation is 1. The van der Waals surface area contributed by atoms with Gasteiger partial charge in [-0.3, -0.25) is 9.59 Å². The van der Waals surface area contributed by atoms with Crippen LogP contribution in [0.4, 0.5) is 5.69 Å². The first-order chi connectivity index (χ1) is 12.1. The maximum Gasteiger partial charge on any atom is 0.305 e. The number of amides is 1. The molecule has 2 heterocycles.